The molecule has 0 saturated heterocycles. The number of halogens is 1. The van der Waals surface area contributed by atoms with Crippen LogP contribution in [-0.4, -0.2) is 44.4 Å². The SMILES string of the molecule is COC(=O)CCN(C)S(=O)(=O)Nc1cc(C)c(Br)cn1. The van der Waals surface area contributed by atoms with Crippen LogP contribution >= 0.6 is 15.9 Å². The minimum Gasteiger partial charge on any atom is -0.469 e. The Kier molecular flexibility index (Phi) is 5.90. The monoisotopic (exact) mass is 365 g/mol. The van der Waals surface area contributed by atoms with Gasteiger partial charge in [0.05, 0.1) is 13.5 Å². The highest BCUT2D eigenvalue weighted by atomic mass is 79.9. The first-order valence-corrected chi connectivity index (χ1v) is 7.92. The quantitative estimate of drug-likeness (QED) is 0.767. The van der Waals surface area contributed by atoms with Crippen molar-refractivity contribution in [2.24, 2.45) is 0 Å². The minimum atomic E-state index is -3.75. The summed E-state index contributed by atoms with van der Waals surface area (Å²) in [6, 6.07) is 1.61. The second-order valence-corrected chi connectivity index (χ2v) is 6.71. The van der Waals surface area contributed by atoms with E-state index in [4.69, 9.17) is 0 Å². The van der Waals surface area contributed by atoms with Gasteiger partial charge in [0.1, 0.15) is 5.82 Å². The Hall–Kier alpha value is -1.19. The number of hydrogen-bond acceptors (Lipinski definition) is 5. The first-order valence-electron chi connectivity index (χ1n) is 5.69. The van der Waals surface area contributed by atoms with Crippen molar-refractivity contribution in [3.05, 3.63) is 22.3 Å². The van der Waals surface area contributed by atoms with Crippen molar-refractivity contribution in [3.63, 3.8) is 0 Å². The van der Waals surface area contributed by atoms with E-state index in [-0.39, 0.29) is 18.8 Å². The molecule has 1 rings (SSSR count). The molecule has 1 heterocycles. The number of aromatic nitrogens is 1. The van der Waals surface area contributed by atoms with Crippen molar-refractivity contribution in [1.29, 1.82) is 0 Å². The van der Waals surface area contributed by atoms with E-state index in [0.29, 0.717) is 0 Å². The molecule has 0 atom stereocenters. The fourth-order valence-corrected chi connectivity index (χ4v) is 2.36. The normalized spacial score (nSPS) is 11.4. The zero-order chi connectivity index (χ0) is 15.3. The van der Waals surface area contributed by atoms with Gasteiger partial charge in [-0.25, -0.2) is 4.98 Å². The van der Waals surface area contributed by atoms with Crippen LogP contribution < -0.4 is 4.72 Å². The van der Waals surface area contributed by atoms with Crippen molar-refractivity contribution in [2.45, 2.75) is 13.3 Å². The molecule has 0 saturated carbocycles. The summed E-state index contributed by atoms with van der Waals surface area (Å²) in [6.07, 6.45) is 1.50. The maximum Gasteiger partial charge on any atom is 0.306 e. The van der Waals surface area contributed by atoms with Crippen LogP contribution in [0.3, 0.4) is 0 Å². The van der Waals surface area contributed by atoms with Crippen molar-refractivity contribution >= 4 is 37.9 Å². The van der Waals surface area contributed by atoms with Crippen LogP contribution in [0, 0.1) is 6.92 Å². The Morgan fingerprint density at radius 3 is 2.75 bits per heavy atom. The Morgan fingerprint density at radius 1 is 1.55 bits per heavy atom. The van der Waals surface area contributed by atoms with Gasteiger partial charge in [-0.05, 0) is 34.5 Å². The number of carbonyl (C=O) groups is 1. The highest BCUT2D eigenvalue weighted by Crippen LogP contribution is 2.18. The minimum absolute atomic E-state index is 0.0132. The molecule has 7 nitrogen and oxygen atoms in total. The van der Waals surface area contributed by atoms with E-state index in [9.17, 15) is 13.2 Å². The molecule has 1 N–H and O–H groups in total. The Bertz CT molecular complexity index is 591. The van der Waals surface area contributed by atoms with E-state index < -0.39 is 16.2 Å². The number of aryl methyl sites for hydroxylation is 1. The largest absolute Gasteiger partial charge is 0.469 e. The summed E-state index contributed by atoms with van der Waals surface area (Å²) in [6.45, 7) is 1.85. The molecule has 0 radical (unpaired) electrons. The number of methoxy groups -OCH3 is 1. The van der Waals surface area contributed by atoms with Gasteiger partial charge < -0.3 is 4.74 Å². The molecule has 20 heavy (non-hydrogen) atoms. The van der Waals surface area contributed by atoms with Gasteiger partial charge in [-0.15, -0.1) is 0 Å². The molecule has 0 aromatic carbocycles. The smallest absolute Gasteiger partial charge is 0.306 e. The molecule has 0 aliphatic heterocycles. The second-order valence-electron chi connectivity index (χ2n) is 4.07. The van der Waals surface area contributed by atoms with Crippen molar-refractivity contribution in [3.8, 4) is 0 Å². The van der Waals surface area contributed by atoms with E-state index in [0.717, 1.165) is 14.3 Å². The van der Waals surface area contributed by atoms with Crippen molar-refractivity contribution < 1.29 is 17.9 Å². The molecular formula is C11H16BrN3O4S. The van der Waals surface area contributed by atoms with Gasteiger partial charge in [-0.3, -0.25) is 9.52 Å². The summed E-state index contributed by atoms with van der Waals surface area (Å²) in [4.78, 5) is 15.0. The number of pyridine rings is 1. The first kappa shape index (κ1) is 16.9. The lowest BCUT2D eigenvalue weighted by atomic mass is 10.3. The molecule has 0 unspecified atom stereocenters. The summed E-state index contributed by atoms with van der Waals surface area (Å²) < 4.78 is 32.6. The molecule has 0 aliphatic rings. The van der Waals surface area contributed by atoms with Crippen LogP contribution in [-0.2, 0) is 19.7 Å². The maximum absolute atomic E-state index is 12.0. The summed E-state index contributed by atoms with van der Waals surface area (Å²) >= 11 is 3.29. The third kappa shape index (κ3) is 4.73. The number of nitrogens with one attached hydrogen (secondary N) is 1. The zero-order valence-corrected chi connectivity index (χ0v) is 13.8. The molecule has 0 spiro atoms. The predicted molar refractivity (Wildman–Crippen MR) is 78.5 cm³/mol. The number of rotatable bonds is 6. The lowest BCUT2D eigenvalue weighted by Crippen LogP contribution is -2.34. The van der Waals surface area contributed by atoms with Gasteiger partial charge in [0.2, 0.25) is 0 Å². The number of hydrogen-bond donors (Lipinski definition) is 1. The molecule has 0 bridgehead atoms. The third-order valence-electron chi connectivity index (χ3n) is 2.55. The number of esters is 1. The van der Waals surface area contributed by atoms with Gasteiger partial charge in [0.15, 0.2) is 0 Å². The molecule has 0 aliphatic carbocycles. The number of ether oxygens (including phenoxy) is 1. The average molecular weight is 366 g/mol. The molecular weight excluding hydrogens is 350 g/mol. The Morgan fingerprint density at radius 2 is 2.20 bits per heavy atom. The molecule has 1 aromatic heterocycles. The van der Waals surface area contributed by atoms with Crippen LogP contribution in [0.25, 0.3) is 0 Å². The van der Waals surface area contributed by atoms with Gasteiger partial charge >= 0.3 is 16.2 Å². The lowest BCUT2D eigenvalue weighted by Gasteiger charge is -2.17. The highest BCUT2D eigenvalue weighted by Gasteiger charge is 2.19. The molecule has 1 aromatic rings. The second kappa shape index (κ2) is 7.00. The standard InChI is InChI=1S/C11H16BrN3O4S/c1-8-6-10(13-7-9(8)12)14-20(17,18)15(2)5-4-11(16)19-3/h6-7H,4-5H2,1-3H3,(H,13,14). The number of anilines is 1. The van der Waals surface area contributed by atoms with Gasteiger partial charge in [0.25, 0.3) is 0 Å². The third-order valence-corrected chi connectivity index (χ3v) is 4.85. The predicted octanol–water partition coefficient (Wildman–Crippen LogP) is 1.30. The zero-order valence-electron chi connectivity index (χ0n) is 11.4. The summed E-state index contributed by atoms with van der Waals surface area (Å²) in [7, 11) is -1.12. The lowest BCUT2D eigenvalue weighted by molar-refractivity contribution is -0.140. The summed E-state index contributed by atoms with van der Waals surface area (Å²) in [5.74, 6) is -0.250. The van der Waals surface area contributed by atoms with Crippen LogP contribution in [0.15, 0.2) is 16.7 Å². The van der Waals surface area contributed by atoms with E-state index in [1.54, 1.807) is 6.07 Å². The van der Waals surface area contributed by atoms with Gasteiger partial charge in [-0.2, -0.15) is 12.7 Å². The molecule has 0 fully saturated rings. The molecule has 112 valence electrons. The Balaban J connectivity index is 2.73. The van der Waals surface area contributed by atoms with E-state index in [1.165, 1.54) is 20.4 Å². The van der Waals surface area contributed by atoms with Gasteiger partial charge in [-0.1, -0.05) is 0 Å². The molecule has 0 amide bonds. The van der Waals surface area contributed by atoms with E-state index in [2.05, 4.69) is 30.4 Å². The highest BCUT2D eigenvalue weighted by molar-refractivity contribution is 9.10. The summed E-state index contributed by atoms with van der Waals surface area (Å²) in [5.41, 5.74) is 0.856. The maximum atomic E-state index is 12.0. The van der Waals surface area contributed by atoms with E-state index in [1.807, 2.05) is 6.92 Å². The fraction of sp³-hybridized carbons (Fsp3) is 0.455. The van der Waals surface area contributed by atoms with Crippen molar-refractivity contribution in [1.82, 2.24) is 9.29 Å². The number of nitrogens with zero attached hydrogens (tertiary/aromatic N) is 2. The molecule has 9 heteroatoms. The van der Waals surface area contributed by atoms with Crippen LogP contribution in [0.4, 0.5) is 5.82 Å². The Labute approximate surface area is 126 Å². The van der Waals surface area contributed by atoms with E-state index >= 15 is 0 Å². The first-order chi connectivity index (χ1) is 9.26. The topological polar surface area (TPSA) is 88.6 Å². The van der Waals surface area contributed by atoms with Crippen LogP contribution in [0.2, 0.25) is 0 Å². The fourth-order valence-electron chi connectivity index (χ4n) is 1.28. The summed E-state index contributed by atoms with van der Waals surface area (Å²) in [5, 5.41) is 0. The number of carbonyl (C=O) groups excluding carboxylic acids is 1. The van der Waals surface area contributed by atoms with Crippen LogP contribution in [0.5, 0.6) is 0 Å². The van der Waals surface area contributed by atoms with Crippen molar-refractivity contribution in [2.75, 3.05) is 25.4 Å². The van der Waals surface area contributed by atoms with Gasteiger partial charge in [0, 0.05) is 24.3 Å². The average Bonchev–Trinajstić information content (AvgIpc) is 2.39. The van der Waals surface area contributed by atoms with Crippen LogP contribution in [0.1, 0.15) is 12.0 Å².